The normalized spacial score (nSPS) is 19.9. The van der Waals surface area contributed by atoms with Crippen LogP contribution in [0.15, 0.2) is 0 Å². The average molecular weight is 216 g/mol. The van der Waals surface area contributed by atoms with E-state index < -0.39 is 0 Å². The largest absolute Gasteiger partial charge is 0.314 e. The van der Waals surface area contributed by atoms with Gasteiger partial charge in [-0.3, -0.25) is 0 Å². The summed E-state index contributed by atoms with van der Waals surface area (Å²) < 4.78 is 0.113. The predicted octanol–water partition coefficient (Wildman–Crippen LogP) is 1.77. The van der Waals surface area contributed by atoms with E-state index in [2.05, 4.69) is 36.7 Å². The van der Waals surface area contributed by atoms with Gasteiger partial charge in [-0.2, -0.15) is 12.6 Å². The lowest BCUT2D eigenvalue weighted by Crippen LogP contribution is -2.38. The molecule has 0 aromatic carbocycles. The third-order valence-electron chi connectivity index (χ3n) is 2.61. The van der Waals surface area contributed by atoms with Gasteiger partial charge in [0.15, 0.2) is 0 Å². The zero-order valence-corrected chi connectivity index (χ0v) is 10.4. The predicted molar refractivity (Wildman–Crippen MR) is 66.2 cm³/mol. The molecule has 1 fully saturated rings. The first-order chi connectivity index (χ1) is 6.58. The molecule has 1 N–H and O–H groups in total. The van der Waals surface area contributed by atoms with Crippen LogP contribution in [0.3, 0.4) is 0 Å². The Bertz CT molecular complexity index is 148. The Morgan fingerprint density at radius 1 is 1.21 bits per heavy atom. The molecular formula is C11H24N2S. The van der Waals surface area contributed by atoms with Crippen LogP contribution in [0.4, 0.5) is 0 Å². The highest BCUT2D eigenvalue weighted by Gasteiger charge is 2.11. The molecule has 0 aromatic rings. The molecule has 2 nitrogen and oxygen atoms in total. The van der Waals surface area contributed by atoms with Gasteiger partial charge in [-0.1, -0.05) is 6.42 Å². The maximum atomic E-state index is 4.48. The van der Waals surface area contributed by atoms with Gasteiger partial charge in [0, 0.05) is 24.4 Å². The second kappa shape index (κ2) is 5.99. The van der Waals surface area contributed by atoms with Crippen molar-refractivity contribution in [3.05, 3.63) is 0 Å². The number of thiol groups is 1. The van der Waals surface area contributed by atoms with Crippen molar-refractivity contribution in [1.29, 1.82) is 0 Å². The molecule has 1 aliphatic heterocycles. The second-order valence-electron chi connectivity index (χ2n) is 4.89. The maximum Gasteiger partial charge on any atom is 0.0198 e. The second-order valence-corrected chi connectivity index (χ2v) is 6.10. The lowest BCUT2D eigenvalue weighted by molar-refractivity contribution is 0.228. The minimum atomic E-state index is 0.113. The summed E-state index contributed by atoms with van der Waals surface area (Å²) in [7, 11) is 0. The van der Waals surface area contributed by atoms with Crippen LogP contribution >= 0.6 is 12.6 Å². The molecule has 1 rings (SSSR count). The van der Waals surface area contributed by atoms with E-state index in [0.29, 0.717) is 0 Å². The summed E-state index contributed by atoms with van der Waals surface area (Å²) in [5, 5.41) is 3.45. The summed E-state index contributed by atoms with van der Waals surface area (Å²) in [6.45, 7) is 10.2. The van der Waals surface area contributed by atoms with Crippen LogP contribution in [0.1, 0.15) is 33.1 Å². The van der Waals surface area contributed by atoms with Gasteiger partial charge in [0.1, 0.15) is 0 Å². The number of nitrogens with one attached hydrogen (secondary N) is 1. The molecule has 0 aliphatic carbocycles. The highest BCUT2D eigenvalue weighted by atomic mass is 32.1. The van der Waals surface area contributed by atoms with Gasteiger partial charge in [0.2, 0.25) is 0 Å². The Morgan fingerprint density at radius 3 is 2.43 bits per heavy atom. The molecule has 0 unspecified atom stereocenters. The van der Waals surface area contributed by atoms with E-state index in [4.69, 9.17) is 0 Å². The first-order valence-electron chi connectivity index (χ1n) is 5.73. The van der Waals surface area contributed by atoms with Gasteiger partial charge in [-0.15, -0.1) is 0 Å². The molecule has 14 heavy (non-hydrogen) atoms. The molecule has 84 valence electrons. The number of hydrogen-bond donors (Lipinski definition) is 2. The average Bonchev–Trinajstić information content (AvgIpc) is 2.13. The number of hydrogen-bond acceptors (Lipinski definition) is 3. The van der Waals surface area contributed by atoms with Crippen molar-refractivity contribution < 1.29 is 0 Å². The molecule has 1 saturated heterocycles. The van der Waals surface area contributed by atoms with Crippen LogP contribution < -0.4 is 5.32 Å². The Balaban J connectivity index is 1.97. The minimum Gasteiger partial charge on any atom is -0.314 e. The summed E-state index contributed by atoms with van der Waals surface area (Å²) in [5.74, 6) is 0. The zero-order valence-electron chi connectivity index (χ0n) is 9.55. The lowest BCUT2D eigenvalue weighted by Gasteiger charge is -2.27. The zero-order chi connectivity index (χ0) is 10.4. The summed E-state index contributed by atoms with van der Waals surface area (Å²) in [6, 6.07) is 0. The fourth-order valence-corrected chi connectivity index (χ4v) is 1.93. The van der Waals surface area contributed by atoms with Gasteiger partial charge in [-0.05, 0) is 39.8 Å². The van der Waals surface area contributed by atoms with Gasteiger partial charge < -0.3 is 10.2 Å². The first kappa shape index (κ1) is 12.3. The van der Waals surface area contributed by atoms with Gasteiger partial charge in [0.05, 0.1) is 0 Å². The SMILES string of the molecule is CC(C)(S)CNCCN1CCCCC1. The summed E-state index contributed by atoms with van der Waals surface area (Å²) >= 11 is 4.48. The molecule has 0 amide bonds. The Hall–Kier alpha value is 0.270. The molecular weight excluding hydrogens is 192 g/mol. The van der Waals surface area contributed by atoms with Crippen LogP contribution in [-0.4, -0.2) is 42.4 Å². The third kappa shape index (κ3) is 5.89. The molecule has 1 heterocycles. The van der Waals surface area contributed by atoms with Crippen molar-refractivity contribution in [2.24, 2.45) is 0 Å². The monoisotopic (exact) mass is 216 g/mol. The van der Waals surface area contributed by atoms with Crippen molar-refractivity contribution in [3.63, 3.8) is 0 Å². The number of rotatable bonds is 5. The smallest absolute Gasteiger partial charge is 0.0198 e. The quantitative estimate of drug-likeness (QED) is 0.538. The molecule has 0 radical (unpaired) electrons. The van der Waals surface area contributed by atoms with Crippen LogP contribution in [0.5, 0.6) is 0 Å². The fraction of sp³-hybridized carbons (Fsp3) is 1.00. The van der Waals surface area contributed by atoms with Crippen LogP contribution in [0.2, 0.25) is 0 Å². The Morgan fingerprint density at radius 2 is 1.86 bits per heavy atom. The van der Waals surface area contributed by atoms with Crippen molar-refractivity contribution >= 4 is 12.6 Å². The minimum absolute atomic E-state index is 0.113. The van der Waals surface area contributed by atoms with E-state index in [1.165, 1.54) is 38.9 Å². The number of piperidine rings is 1. The highest BCUT2D eigenvalue weighted by molar-refractivity contribution is 7.81. The van der Waals surface area contributed by atoms with Gasteiger partial charge >= 0.3 is 0 Å². The Kier molecular flexibility index (Phi) is 5.28. The Labute approximate surface area is 93.8 Å². The summed E-state index contributed by atoms with van der Waals surface area (Å²) in [5.41, 5.74) is 0. The van der Waals surface area contributed by atoms with Crippen molar-refractivity contribution in [2.75, 3.05) is 32.7 Å². The topological polar surface area (TPSA) is 15.3 Å². The van der Waals surface area contributed by atoms with Crippen LogP contribution in [0.25, 0.3) is 0 Å². The van der Waals surface area contributed by atoms with E-state index >= 15 is 0 Å². The van der Waals surface area contributed by atoms with Gasteiger partial charge in [-0.25, -0.2) is 0 Å². The van der Waals surface area contributed by atoms with Crippen molar-refractivity contribution in [1.82, 2.24) is 10.2 Å². The highest BCUT2D eigenvalue weighted by Crippen LogP contribution is 2.09. The third-order valence-corrected chi connectivity index (χ3v) is 2.77. The first-order valence-corrected chi connectivity index (χ1v) is 6.18. The van der Waals surface area contributed by atoms with E-state index in [1.807, 2.05) is 0 Å². The van der Waals surface area contributed by atoms with E-state index in [-0.39, 0.29) is 4.75 Å². The van der Waals surface area contributed by atoms with Gasteiger partial charge in [0.25, 0.3) is 0 Å². The molecule has 0 bridgehead atoms. The summed E-state index contributed by atoms with van der Waals surface area (Å²) in [6.07, 6.45) is 4.20. The molecule has 1 aliphatic rings. The fourth-order valence-electron chi connectivity index (χ4n) is 1.81. The van der Waals surface area contributed by atoms with E-state index in [0.717, 1.165) is 13.1 Å². The van der Waals surface area contributed by atoms with Crippen molar-refractivity contribution in [3.8, 4) is 0 Å². The standard InChI is InChI=1S/C11H24N2S/c1-11(2,14)10-12-6-9-13-7-4-3-5-8-13/h12,14H,3-10H2,1-2H3. The molecule has 0 saturated carbocycles. The van der Waals surface area contributed by atoms with Crippen LogP contribution in [0, 0.1) is 0 Å². The molecule has 0 aromatic heterocycles. The lowest BCUT2D eigenvalue weighted by atomic mass is 10.1. The number of nitrogens with zero attached hydrogens (tertiary/aromatic N) is 1. The van der Waals surface area contributed by atoms with E-state index in [9.17, 15) is 0 Å². The van der Waals surface area contributed by atoms with Crippen LogP contribution in [-0.2, 0) is 0 Å². The molecule has 3 heteroatoms. The molecule has 0 spiro atoms. The van der Waals surface area contributed by atoms with E-state index in [1.54, 1.807) is 0 Å². The molecule has 0 atom stereocenters. The van der Waals surface area contributed by atoms with Crippen molar-refractivity contribution in [2.45, 2.75) is 37.9 Å². The number of likely N-dealkylation sites (tertiary alicyclic amines) is 1. The maximum absolute atomic E-state index is 4.48. The summed E-state index contributed by atoms with van der Waals surface area (Å²) in [4.78, 5) is 2.56.